The second-order valence-corrected chi connectivity index (χ2v) is 6.80. The molecule has 0 aliphatic carbocycles. The molecule has 4 rings (SSSR count). The van der Waals surface area contributed by atoms with Gasteiger partial charge in [-0.2, -0.15) is 0 Å². The topological polar surface area (TPSA) is 55.5 Å². The van der Waals surface area contributed by atoms with E-state index in [0.717, 1.165) is 11.1 Å². The van der Waals surface area contributed by atoms with Crippen molar-refractivity contribution < 1.29 is 13.6 Å². The summed E-state index contributed by atoms with van der Waals surface area (Å²) in [4.78, 5) is 26.3. The van der Waals surface area contributed by atoms with Crippen molar-refractivity contribution >= 4 is 28.6 Å². The zero-order chi connectivity index (χ0) is 18.3. The summed E-state index contributed by atoms with van der Waals surface area (Å²) in [5.41, 5.74) is 2.92. The third-order valence-electron chi connectivity index (χ3n) is 4.71. The van der Waals surface area contributed by atoms with Gasteiger partial charge in [0.05, 0.1) is 5.52 Å². The summed E-state index contributed by atoms with van der Waals surface area (Å²) in [5, 5.41) is 0.480. The first-order valence-electron chi connectivity index (χ1n) is 8.35. The molecule has 7 heteroatoms. The van der Waals surface area contributed by atoms with E-state index in [1.165, 1.54) is 16.7 Å². The van der Waals surface area contributed by atoms with Crippen LogP contribution in [0.15, 0.2) is 45.6 Å². The number of carbonyl (C=O) groups is 1. The predicted octanol–water partition coefficient (Wildman–Crippen LogP) is 3.36. The molecule has 0 fully saturated rings. The second-order valence-electron chi connectivity index (χ2n) is 6.36. The van der Waals surface area contributed by atoms with E-state index in [2.05, 4.69) is 0 Å². The molecule has 0 unspecified atom stereocenters. The zero-order valence-electron chi connectivity index (χ0n) is 13.9. The second kappa shape index (κ2) is 6.61. The van der Waals surface area contributed by atoms with Gasteiger partial charge in [0.1, 0.15) is 5.82 Å². The summed E-state index contributed by atoms with van der Waals surface area (Å²) < 4.78 is 20.0. The first-order chi connectivity index (χ1) is 12.5. The molecule has 1 aliphatic heterocycles. The molecule has 1 amide bonds. The van der Waals surface area contributed by atoms with Gasteiger partial charge in [0.2, 0.25) is 5.91 Å². The molecule has 0 saturated carbocycles. The quantitative estimate of drug-likeness (QED) is 0.706. The minimum atomic E-state index is -0.513. The molecule has 0 spiro atoms. The summed E-state index contributed by atoms with van der Waals surface area (Å²) >= 11 is 5.90. The lowest BCUT2D eigenvalue weighted by Crippen LogP contribution is -2.36. The average Bonchev–Trinajstić information content (AvgIpc) is 2.93. The van der Waals surface area contributed by atoms with E-state index in [1.54, 1.807) is 29.2 Å². The molecule has 2 heterocycles. The van der Waals surface area contributed by atoms with E-state index in [0.29, 0.717) is 35.6 Å². The van der Waals surface area contributed by atoms with Crippen LogP contribution in [-0.2, 0) is 24.3 Å². The number of hydrogen-bond donors (Lipinski definition) is 0. The molecule has 0 N–H and O–H groups in total. The molecule has 134 valence electrons. The number of amides is 1. The van der Waals surface area contributed by atoms with Gasteiger partial charge in [0.25, 0.3) is 0 Å². The van der Waals surface area contributed by atoms with Crippen LogP contribution in [0.4, 0.5) is 4.39 Å². The van der Waals surface area contributed by atoms with Crippen molar-refractivity contribution in [2.45, 2.75) is 25.9 Å². The highest BCUT2D eigenvalue weighted by atomic mass is 35.5. The number of hydrogen-bond acceptors (Lipinski definition) is 3. The van der Waals surface area contributed by atoms with E-state index in [-0.39, 0.29) is 24.7 Å². The maximum atomic E-state index is 13.4. The van der Waals surface area contributed by atoms with E-state index in [1.807, 2.05) is 0 Å². The number of halogens is 2. The summed E-state index contributed by atoms with van der Waals surface area (Å²) in [6, 6.07) is 9.65. The Morgan fingerprint density at radius 1 is 1.19 bits per heavy atom. The van der Waals surface area contributed by atoms with Crippen LogP contribution in [0.5, 0.6) is 0 Å². The lowest BCUT2D eigenvalue weighted by Gasteiger charge is -2.29. The minimum Gasteiger partial charge on any atom is -0.408 e. The summed E-state index contributed by atoms with van der Waals surface area (Å²) in [6.45, 7) is 1.20. The molecule has 0 bridgehead atoms. The number of benzene rings is 2. The van der Waals surface area contributed by atoms with Crippen molar-refractivity contribution in [3.05, 3.63) is 68.9 Å². The molecule has 5 nitrogen and oxygen atoms in total. The highest BCUT2D eigenvalue weighted by molar-refractivity contribution is 6.31. The maximum absolute atomic E-state index is 13.4. The normalized spacial score (nSPS) is 13.8. The number of oxazole rings is 1. The maximum Gasteiger partial charge on any atom is 0.419 e. The van der Waals surface area contributed by atoms with Gasteiger partial charge < -0.3 is 9.32 Å². The number of fused-ring (bicyclic) bond motifs is 2. The highest BCUT2D eigenvalue weighted by Gasteiger charge is 2.21. The molecular weight excluding hydrogens is 359 g/mol. The number of carbonyl (C=O) groups excluding carboxylic acids is 1. The van der Waals surface area contributed by atoms with Gasteiger partial charge in [-0.25, -0.2) is 9.18 Å². The molecular formula is C19H16ClFN2O3. The van der Waals surface area contributed by atoms with Crippen LogP contribution in [0.25, 0.3) is 11.1 Å². The Balaban J connectivity index is 1.48. The first kappa shape index (κ1) is 16.8. The van der Waals surface area contributed by atoms with Gasteiger partial charge in [-0.3, -0.25) is 9.36 Å². The predicted molar refractivity (Wildman–Crippen MR) is 95.6 cm³/mol. The Morgan fingerprint density at radius 2 is 2.04 bits per heavy atom. The van der Waals surface area contributed by atoms with Gasteiger partial charge in [0, 0.05) is 37.1 Å². The monoisotopic (exact) mass is 374 g/mol. The van der Waals surface area contributed by atoms with Crippen LogP contribution in [0.2, 0.25) is 5.02 Å². The van der Waals surface area contributed by atoms with Crippen LogP contribution in [0.1, 0.15) is 17.5 Å². The Hall–Kier alpha value is -2.60. The number of aryl methyl sites for hydroxylation is 1. The molecule has 1 aromatic heterocycles. The molecule has 26 heavy (non-hydrogen) atoms. The third kappa shape index (κ3) is 3.12. The smallest absolute Gasteiger partial charge is 0.408 e. The van der Waals surface area contributed by atoms with Gasteiger partial charge in [-0.15, -0.1) is 0 Å². The Morgan fingerprint density at radius 3 is 2.88 bits per heavy atom. The van der Waals surface area contributed by atoms with Gasteiger partial charge in [-0.05, 0) is 41.8 Å². The Kier molecular flexibility index (Phi) is 4.28. The van der Waals surface area contributed by atoms with E-state index >= 15 is 0 Å². The zero-order valence-corrected chi connectivity index (χ0v) is 14.6. The van der Waals surface area contributed by atoms with Crippen molar-refractivity contribution in [2.75, 3.05) is 6.54 Å². The van der Waals surface area contributed by atoms with Gasteiger partial charge in [0.15, 0.2) is 5.58 Å². The molecule has 0 radical (unpaired) electrons. The molecule has 0 atom stereocenters. The molecule has 2 aromatic carbocycles. The summed E-state index contributed by atoms with van der Waals surface area (Å²) in [7, 11) is 0. The van der Waals surface area contributed by atoms with Crippen molar-refractivity contribution in [1.82, 2.24) is 9.47 Å². The Bertz CT molecular complexity index is 1060. The van der Waals surface area contributed by atoms with E-state index in [4.69, 9.17) is 16.0 Å². The largest absolute Gasteiger partial charge is 0.419 e. The molecule has 0 saturated heterocycles. The van der Waals surface area contributed by atoms with Crippen LogP contribution in [-0.4, -0.2) is 21.9 Å². The highest BCUT2D eigenvalue weighted by Crippen LogP contribution is 2.21. The van der Waals surface area contributed by atoms with Crippen molar-refractivity contribution in [2.24, 2.45) is 0 Å². The summed E-state index contributed by atoms with van der Waals surface area (Å²) in [5.74, 6) is -0.885. The SMILES string of the molecule is O=C(CCn1c(=O)oc2cc(Cl)ccc21)N1CCc2ccc(F)cc2C1. The number of nitrogens with zero attached hydrogens (tertiary/aromatic N) is 2. The number of rotatable bonds is 3. The third-order valence-corrected chi connectivity index (χ3v) is 4.95. The van der Waals surface area contributed by atoms with E-state index < -0.39 is 5.76 Å². The fourth-order valence-electron chi connectivity index (χ4n) is 3.36. The van der Waals surface area contributed by atoms with Crippen LogP contribution in [0, 0.1) is 5.82 Å². The van der Waals surface area contributed by atoms with Crippen LogP contribution in [0.3, 0.4) is 0 Å². The summed E-state index contributed by atoms with van der Waals surface area (Å²) in [6.07, 6.45) is 0.871. The minimum absolute atomic E-state index is 0.0740. The van der Waals surface area contributed by atoms with E-state index in [9.17, 15) is 14.0 Å². The van der Waals surface area contributed by atoms with Crippen molar-refractivity contribution in [1.29, 1.82) is 0 Å². The number of aromatic nitrogens is 1. The average molecular weight is 375 g/mol. The van der Waals surface area contributed by atoms with Gasteiger partial charge in [-0.1, -0.05) is 17.7 Å². The lowest BCUT2D eigenvalue weighted by molar-refractivity contribution is -0.132. The standard InChI is InChI=1S/C19H16ClFN2O3/c20-14-2-4-16-17(10-14)26-19(25)23(16)8-6-18(24)22-7-5-12-1-3-15(21)9-13(12)11-22/h1-4,9-10H,5-8,11H2. The van der Waals surface area contributed by atoms with Crippen molar-refractivity contribution in [3.8, 4) is 0 Å². The van der Waals surface area contributed by atoms with Crippen LogP contribution >= 0.6 is 11.6 Å². The first-order valence-corrected chi connectivity index (χ1v) is 8.73. The fourth-order valence-corrected chi connectivity index (χ4v) is 3.52. The molecule has 3 aromatic rings. The van der Waals surface area contributed by atoms with Gasteiger partial charge >= 0.3 is 5.76 Å². The lowest BCUT2D eigenvalue weighted by atomic mass is 9.99. The Labute approximate surface area is 153 Å². The van der Waals surface area contributed by atoms with Crippen LogP contribution < -0.4 is 5.76 Å². The fraction of sp³-hybridized carbons (Fsp3) is 0.263. The van der Waals surface area contributed by atoms with Crippen molar-refractivity contribution in [3.63, 3.8) is 0 Å². The molecule has 1 aliphatic rings.